The van der Waals surface area contributed by atoms with Gasteiger partial charge in [0, 0.05) is 13.0 Å². The van der Waals surface area contributed by atoms with E-state index in [-0.39, 0.29) is 5.91 Å². The molecule has 0 spiro atoms. The van der Waals surface area contributed by atoms with Gasteiger partial charge in [0.2, 0.25) is 5.91 Å². The minimum absolute atomic E-state index is 0.160. The highest BCUT2D eigenvalue weighted by atomic mass is 16.5. The number of hydrogen-bond acceptors (Lipinski definition) is 2. The van der Waals surface area contributed by atoms with Crippen molar-refractivity contribution in [3.8, 4) is 0 Å². The normalized spacial score (nSPS) is 11.0. The predicted molar refractivity (Wildman–Crippen MR) is 129 cm³/mol. The van der Waals surface area contributed by atoms with Crippen molar-refractivity contribution in [3.63, 3.8) is 0 Å². The first kappa shape index (κ1) is 26.7. The molecule has 0 heterocycles. The first-order valence-electron chi connectivity index (χ1n) is 12.7. The van der Waals surface area contributed by atoms with Crippen LogP contribution < -0.4 is 5.32 Å². The lowest BCUT2D eigenvalue weighted by molar-refractivity contribution is -0.121. The van der Waals surface area contributed by atoms with Crippen molar-refractivity contribution in [1.82, 2.24) is 5.32 Å². The zero-order chi connectivity index (χ0) is 21.5. The molecule has 1 N–H and O–H groups in total. The maximum Gasteiger partial charge on any atom is 0.220 e. The molecule has 3 heteroatoms. The Bertz CT molecular complexity index is 489. The van der Waals surface area contributed by atoms with Crippen LogP contribution in [0.5, 0.6) is 0 Å². The Morgan fingerprint density at radius 2 is 1.23 bits per heavy atom. The molecule has 0 saturated carbocycles. The summed E-state index contributed by atoms with van der Waals surface area (Å²) >= 11 is 0. The maximum absolute atomic E-state index is 11.8. The van der Waals surface area contributed by atoms with Crippen LogP contribution in [0.2, 0.25) is 0 Å². The monoisotopic (exact) mass is 417 g/mol. The average molecular weight is 418 g/mol. The summed E-state index contributed by atoms with van der Waals surface area (Å²) in [5.41, 5.74) is 1.17. The number of hydrogen-bond donors (Lipinski definition) is 1. The van der Waals surface area contributed by atoms with Gasteiger partial charge in [-0.15, -0.1) is 0 Å². The number of ether oxygens (including phenoxy) is 1. The molecular weight excluding hydrogens is 370 g/mol. The number of carbonyl (C=O) groups excluding carboxylic acids is 1. The standard InChI is InChI=1S/C27H47NO2/c1-2-3-4-5-6-7-8-9-10-11-12-13-14-15-19-22-27(29)28-23-24-30-25-26-20-17-16-18-21-26/h16-18,20-21H,2-15,19,22-25H2,1H3,(H,28,29). The molecule has 0 aliphatic heterocycles. The minimum atomic E-state index is 0.160. The summed E-state index contributed by atoms with van der Waals surface area (Å²) in [6.07, 6.45) is 20.9. The zero-order valence-corrected chi connectivity index (χ0v) is 19.6. The molecule has 0 aliphatic rings. The lowest BCUT2D eigenvalue weighted by Gasteiger charge is -2.07. The number of amides is 1. The van der Waals surface area contributed by atoms with Crippen molar-refractivity contribution in [2.75, 3.05) is 13.2 Å². The number of nitrogens with one attached hydrogen (secondary N) is 1. The summed E-state index contributed by atoms with van der Waals surface area (Å²) in [6, 6.07) is 10.1. The van der Waals surface area contributed by atoms with Gasteiger partial charge in [0.25, 0.3) is 0 Å². The molecular formula is C27H47NO2. The Morgan fingerprint density at radius 3 is 1.77 bits per heavy atom. The van der Waals surface area contributed by atoms with Gasteiger partial charge in [0.1, 0.15) is 0 Å². The van der Waals surface area contributed by atoms with Gasteiger partial charge in [-0.05, 0) is 12.0 Å². The van der Waals surface area contributed by atoms with Crippen LogP contribution in [0.4, 0.5) is 0 Å². The molecule has 1 rings (SSSR count). The van der Waals surface area contributed by atoms with E-state index >= 15 is 0 Å². The van der Waals surface area contributed by atoms with E-state index in [1.165, 1.54) is 95.5 Å². The van der Waals surface area contributed by atoms with E-state index in [4.69, 9.17) is 4.74 Å². The molecule has 172 valence electrons. The second-order valence-corrected chi connectivity index (χ2v) is 8.59. The molecule has 0 unspecified atom stereocenters. The van der Waals surface area contributed by atoms with Gasteiger partial charge in [0.15, 0.2) is 0 Å². The van der Waals surface area contributed by atoms with E-state index in [1.807, 2.05) is 18.2 Å². The van der Waals surface area contributed by atoms with E-state index in [0.717, 1.165) is 6.42 Å². The van der Waals surface area contributed by atoms with Gasteiger partial charge >= 0.3 is 0 Å². The van der Waals surface area contributed by atoms with Gasteiger partial charge in [0.05, 0.1) is 13.2 Å². The summed E-state index contributed by atoms with van der Waals surface area (Å²) in [7, 11) is 0. The van der Waals surface area contributed by atoms with Crippen molar-refractivity contribution < 1.29 is 9.53 Å². The Morgan fingerprint density at radius 1 is 0.733 bits per heavy atom. The molecule has 30 heavy (non-hydrogen) atoms. The zero-order valence-electron chi connectivity index (χ0n) is 19.6. The number of unbranched alkanes of at least 4 members (excludes halogenated alkanes) is 14. The van der Waals surface area contributed by atoms with Crippen LogP contribution in [0.15, 0.2) is 30.3 Å². The van der Waals surface area contributed by atoms with Crippen molar-refractivity contribution in [3.05, 3.63) is 35.9 Å². The lowest BCUT2D eigenvalue weighted by Crippen LogP contribution is -2.26. The van der Waals surface area contributed by atoms with Crippen LogP contribution in [-0.4, -0.2) is 19.1 Å². The molecule has 0 radical (unpaired) electrons. The molecule has 1 aromatic rings. The fourth-order valence-electron chi connectivity index (χ4n) is 3.77. The molecule has 0 aliphatic carbocycles. The Kier molecular flexibility index (Phi) is 18.6. The molecule has 0 atom stereocenters. The molecule has 0 aromatic heterocycles. The van der Waals surface area contributed by atoms with Crippen LogP contribution in [0.3, 0.4) is 0 Å². The SMILES string of the molecule is CCCCCCCCCCCCCCCCCC(=O)NCCOCc1ccccc1. The van der Waals surface area contributed by atoms with Crippen molar-refractivity contribution in [2.24, 2.45) is 0 Å². The van der Waals surface area contributed by atoms with Gasteiger partial charge < -0.3 is 10.1 Å². The van der Waals surface area contributed by atoms with Crippen molar-refractivity contribution >= 4 is 5.91 Å². The van der Waals surface area contributed by atoms with Crippen LogP contribution in [0.1, 0.15) is 115 Å². The Hall–Kier alpha value is -1.35. The minimum Gasteiger partial charge on any atom is -0.375 e. The highest BCUT2D eigenvalue weighted by Gasteiger charge is 2.01. The quantitative estimate of drug-likeness (QED) is 0.209. The van der Waals surface area contributed by atoms with E-state index in [1.54, 1.807) is 0 Å². The van der Waals surface area contributed by atoms with Gasteiger partial charge in [-0.1, -0.05) is 127 Å². The van der Waals surface area contributed by atoms with Crippen LogP contribution in [0, 0.1) is 0 Å². The maximum atomic E-state index is 11.8. The fraction of sp³-hybridized carbons (Fsp3) is 0.741. The third-order valence-electron chi connectivity index (χ3n) is 5.69. The fourth-order valence-corrected chi connectivity index (χ4v) is 3.77. The van der Waals surface area contributed by atoms with Crippen molar-refractivity contribution in [2.45, 2.75) is 116 Å². The van der Waals surface area contributed by atoms with Gasteiger partial charge in [-0.2, -0.15) is 0 Å². The summed E-state index contributed by atoms with van der Waals surface area (Å²) in [6.45, 7) is 4.06. The predicted octanol–water partition coefficient (Wildman–Crippen LogP) is 7.58. The molecule has 0 bridgehead atoms. The smallest absolute Gasteiger partial charge is 0.220 e. The third kappa shape index (κ3) is 17.5. The number of benzene rings is 1. The van der Waals surface area contributed by atoms with E-state index in [2.05, 4.69) is 24.4 Å². The molecule has 3 nitrogen and oxygen atoms in total. The third-order valence-corrected chi connectivity index (χ3v) is 5.69. The molecule has 1 aromatic carbocycles. The second-order valence-electron chi connectivity index (χ2n) is 8.59. The number of rotatable bonds is 21. The van der Waals surface area contributed by atoms with E-state index in [9.17, 15) is 4.79 Å². The Labute approximate surface area is 186 Å². The van der Waals surface area contributed by atoms with E-state index < -0.39 is 0 Å². The molecule has 0 saturated heterocycles. The summed E-state index contributed by atoms with van der Waals surface area (Å²) < 4.78 is 5.59. The largest absolute Gasteiger partial charge is 0.375 e. The highest BCUT2D eigenvalue weighted by Crippen LogP contribution is 2.13. The molecule has 0 fully saturated rings. The topological polar surface area (TPSA) is 38.3 Å². The summed E-state index contributed by atoms with van der Waals surface area (Å²) in [4.78, 5) is 11.8. The Balaban J connectivity index is 1.74. The van der Waals surface area contributed by atoms with Crippen molar-refractivity contribution in [1.29, 1.82) is 0 Å². The number of carbonyl (C=O) groups is 1. The summed E-state index contributed by atoms with van der Waals surface area (Å²) in [5, 5.41) is 2.95. The first-order valence-corrected chi connectivity index (χ1v) is 12.7. The molecule has 1 amide bonds. The first-order chi connectivity index (χ1) is 14.8. The second kappa shape index (κ2) is 20.9. The lowest BCUT2D eigenvalue weighted by atomic mass is 10.0. The summed E-state index contributed by atoms with van der Waals surface area (Å²) in [5.74, 6) is 0.160. The van der Waals surface area contributed by atoms with Gasteiger partial charge in [-0.25, -0.2) is 0 Å². The van der Waals surface area contributed by atoms with Gasteiger partial charge in [-0.3, -0.25) is 4.79 Å². The highest BCUT2D eigenvalue weighted by molar-refractivity contribution is 5.75. The van der Waals surface area contributed by atoms with Crippen LogP contribution >= 0.6 is 0 Å². The van der Waals surface area contributed by atoms with Crippen LogP contribution in [0.25, 0.3) is 0 Å². The average Bonchev–Trinajstić information content (AvgIpc) is 2.77. The van der Waals surface area contributed by atoms with Crippen LogP contribution in [-0.2, 0) is 16.1 Å². The van der Waals surface area contributed by atoms with E-state index in [0.29, 0.717) is 26.2 Å².